The highest BCUT2D eigenvalue weighted by atomic mass is 35.5. The van der Waals surface area contributed by atoms with Crippen molar-refractivity contribution < 1.29 is 14.1 Å². The van der Waals surface area contributed by atoms with Gasteiger partial charge in [-0.2, -0.15) is 0 Å². The van der Waals surface area contributed by atoms with Crippen LogP contribution in [-0.4, -0.2) is 60.3 Å². The molecule has 1 aromatic carbocycles. The number of hydrogen-bond donors (Lipinski definition) is 0. The van der Waals surface area contributed by atoms with Crippen LogP contribution in [0.5, 0.6) is 0 Å². The molecule has 1 saturated heterocycles. The predicted octanol–water partition coefficient (Wildman–Crippen LogP) is 3.96. The predicted molar refractivity (Wildman–Crippen MR) is 117 cm³/mol. The largest absolute Gasteiger partial charge is 0.379 e. The van der Waals surface area contributed by atoms with Crippen LogP contribution < -0.4 is 4.90 Å². The minimum atomic E-state index is -0.248. The van der Waals surface area contributed by atoms with Crippen LogP contribution in [0.25, 0.3) is 10.2 Å². The summed E-state index contributed by atoms with van der Waals surface area (Å²) in [6, 6.07) is 5.45. The second kappa shape index (κ2) is 9.40. The lowest BCUT2D eigenvalue weighted by Gasteiger charge is -2.28. The number of nitrogens with zero attached hydrogens (tertiary/aromatic N) is 4. The van der Waals surface area contributed by atoms with Crippen LogP contribution in [0.15, 0.2) is 22.7 Å². The standard InChI is InChI=1S/C19H21ClN4O3S.ClH/c1-12-3-4-14(20)17-16(12)21-19(28-17)24(6-5-23-7-9-26-10-8-23)18(25)15-11-13(2)22-27-15;/h3-4,11H,5-10H2,1-2H3;1H. The van der Waals surface area contributed by atoms with Crippen molar-refractivity contribution in [2.24, 2.45) is 0 Å². The Morgan fingerprint density at radius 1 is 1.31 bits per heavy atom. The number of benzene rings is 1. The van der Waals surface area contributed by atoms with Crippen LogP contribution in [0.3, 0.4) is 0 Å². The summed E-state index contributed by atoms with van der Waals surface area (Å²) in [6.45, 7) is 8.14. The molecule has 1 fully saturated rings. The molecule has 10 heteroatoms. The van der Waals surface area contributed by atoms with Gasteiger partial charge in [0.25, 0.3) is 5.91 Å². The number of halogens is 2. The fourth-order valence-electron chi connectivity index (χ4n) is 3.15. The summed E-state index contributed by atoms with van der Waals surface area (Å²) < 4.78 is 11.5. The SMILES string of the molecule is Cc1cc(C(=O)N(CCN2CCOCC2)c2nc3c(C)ccc(Cl)c3s2)on1.Cl. The van der Waals surface area contributed by atoms with Gasteiger partial charge in [-0.3, -0.25) is 14.6 Å². The summed E-state index contributed by atoms with van der Waals surface area (Å²) in [5.41, 5.74) is 2.52. The fraction of sp³-hybridized carbons (Fsp3) is 0.421. The van der Waals surface area contributed by atoms with E-state index in [0.29, 0.717) is 35.6 Å². The second-order valence-electron chi connectivity index (χ2n) is 6.78. The molecule has 0 unspecified atom stereocenters. The van der Waals surface area contributed by atoms with E-state index in [-0.39, 0.29) is 24.1 Å². The zero-order chi connectivity index (χ0) is 19.7. The van der Waals surface area contributed by atoms with Crippen molar-refractivity contribution in [1.82, 2.24) is 15.0 Å². The Labute approximate surface area is 184 Å². The van der Waals surface area contributed by atoms with Crippen molar-refractivity contribution in [1.29, 1.82) is 0 Å². The Hall–Kier alpha value is -1.71. The molecule has 0 saturated carbocycles. The maximum absolute atomic E-state index is 13.2. The lowest BCUT2D eigenvalue weighted by Crippen LogP contribution is -2.43. The number of carbonyl (C=O) groups excluding carboxylic acids is 1. The molecule has 156 valence electrons. The summed E-state index contributed by atoms with van der Waals surface area (Å²) in [5.74, 6) is -0.0387. The number of thiazole rings is 1. The molecule has 4 rings (SSSR count). The van der Waals surface area contributed by atoms with Gasteiger partial charge in [0.1, 0.15) is 0 Å². The van der Waals surface area contributed by atoms with Gasteiger partial charge in [-0.05, 0) is 25.5 Å². The highest BCUT2D eigenvalue weighted by Crippen LogP contribution is 2.36. The Bertz CT molecular complexity index is 962. The number of rotatable bonds is 5. The minimum absolute atomic E-state index is 0. The topological polar surface area (TPSA) is 71.7 Å². The molecule has 1 amide bonds. The van der Waals surface area contributed by atoms with Crippen LogP contribution in [0, 0.1) is 13.8 Å². The van der Waals surface area contributed by atoms with Gasteiger partial charge in [0.2, 0.25) is 5.76 Å². The van der Waals surface area contributed by atoms with E-state index in [0.717, 1.165) is 35.4 Å². The number of fused-ring (bicyclic) bond motifs is 1. The normalized spacial score (nSPS) is 14.7. The average Bonchev–Trinajstić information content (AvgIpc) is 3.33. The van der Waals surface area contributed by atoms with Gasteiger partial charge in [-0.15, -0.1) is 12.4 Å². The molecule has 0 aliphatic carbocycles. The zero-order valence-electron chi connectivity index (χ0n) is 16.2. The zero-order valence-corrected chi connectivity index (χ0v) is 18.6. The molecular weight excluding hydrogens is 435 g/mol. The smallest absolute Gasteiger partial charge is 0.298 e. The molecule has 1 aliphatic rings. The molecule has 1 aliphatic heterocycles. The number of ether oxygens (including phenoxy) is 1. The van der Waals surface area contributed by atoms with Crippen LogP contribution in [0.1, 0.15) is 21.8 Å². The molecule has 3 aromatic rings. The van der Waals surface area contributed by atoms with Gasteiger partial charge < -0.3 is 9.26 Å². The number of aromatic nitrogens is 2. The Balaban J connectivity index is 0.00000240. The molecule has 2 aromatic heterocycles. The van der Waals surface area contributed by atoms with E-state index in [1.165, 1.54) is 11.3 Å². The molecule has 0 radical (unpaired) electrons. The summed E-state index contributed by atoms with van der Waals surface area (Å²) in [4.78, 5) is 21.8. The molecule has 0 spiro atoms. The highest BCUT2D eigenvalue weighted by Gasteiger charge is 2.26. The Morgan fingerprint density at radius 2 is 2.07 bits per heavy atom. The molecule has 0 bridgehead atoms. The molecule has 29 heavy (non-hydrogen) atoms. The van der Waals surface area contributed by atoms with E-state index in [2.05, 4.69) is 10.1 Å². The maximum atomic E-state index is 13.2. The Kier molecular flexibility index (Phi) is 7.13. The van der Waals surface area contributed by atoms with E-state index in [1.54, 1.807) is 17.9 Å². The Morgan fingerprint density at radius 3 is 2.72 bits per heavy atom. The summed E-state index contributed by atoms with van der Waals surface area (Å²) >= 11 is 7.78. The highest BCUT2D eigenvalue weighted by molar-refractivity contribution is 7.23. The number of amides is 1. The summed E-state index contributed by atoms with van der Waals surface area (Å²) in [7, 11) is 0. The first-order chi connectivity index (χ1) is 13.5. The van der Waals surface area contributed by atoms with E-state index >= 15 is 0 Å². The van der Waals surface area contributed by atoms with Gasteiger partial charge in [0, 0.05) is 32.2 Å². The van der Waals surface area contributed by atoms with Crippen molar-refractivity contribution in [2.45, 2.75) is 13.8 Å². The number of morpholine rings is 1. The van der Waals surface area contributed by atoms with Crippen molar-refractivity contribution in [3.63, 3.8) is 0 Å². The summed E-state index contributed by atoms with van der Waals surface area (Å²) in [5, 5.41) is 5.10. The molecule has 0 atom stereocenters. The minimum Gasteiger partial charge on any atom is -0.379 e. The lowest BCUT2D eigenvalue weighted by atomic mass is 10.2. The number of carbonyl (C=O) groups is 1. The fourth-order valence-corrected chi connectivity index (χ4v) is 4.49. The summed E-state index contributed by atoms with van der Waals surface area (Å²) in [6.07, 6.45) is 0. The molecule has 3 heterocycles. The molecule has 7 nitrogen and oxygen atoms in total. The number of anilines is 1. The van der Waals surface area contributed by atoms with E-state index < -0.39 is 0 Å². The van der Waals surface area contributed by atoms with E-state index in [1.807, 2.05) is 19.1 Å². The van der Waals surface area contributed by atoms with Crippen LogP contribution in [0.4, 0.5) is 5.13 Å². The third-order valence-electron chi connectivity index (χ3n) is 4.74. The van der Waals surface area contributed by atoms with Crippen LogP contribution in [-0.2, 0) is 4.74 Å². The van der Waals surface area contributed by atoms with Gasteiger partial charge in [0.15, 0.2) is 5.13 Å². The molecule has 0 N–H and O–H groups in total. The quantitative estimate of drug-likeness (QED) is 0.578. The first-order valence-electron chi connectivity index (χ1n) is 9.14. The van der Waals surface area contributed by atoms with E-state index in [4.69, 9.17) is 25.8 Å². The number of hydrogen-bond acceptors (Lipinski definition) is 7. The molecular formula is C19H22Cl2N4O3S. The van der Waals surface area contributed by atoms with Crippen molar-refractivity contribution in [3.8, 4) is 0 Å². The van der Waals surface area contributed by atoms with Crippen molar-refractivity contribution in [3.05, 3.63) is 40.2 Å². The van der Waals surface area contributed by atoms with Gasteiger partial charge in [-0.1, -0.05) is 34.2 Å². The first-order valence-corrected chi connectivity index (χ1v) is 10.3. The third-order valence-corrected chi connectivity index (χ3v) is 6.28. The van der Waals surface area contributed by atoms with Gasteiger partial charge in [-0.25, -0.2) is 4.98 Å². The van der Waals surface area contributed by atoms with Gasteiger partial charge in [0.05, 0.1) is 34.1 Å². The second-order valence-corrected chi connectivity index (χ2v) is 8.17. The maximum Gasteiger partial charge on any atom is 0.298 e. The lowest BCUT2D eigenvalue weighted by molar-refractivity contribution is 0.0390. The van der Waals surface area contributed by atoms with Crippen LogP contribution in [0.2, 0.25) is 5.02 Å². The number of aryl methyl sites for hydroxylation is 2. The average molecular weight is 457 g/mol. The third kappa shape index (κ3) is 4.73. The monoisotopic (exact) mass is 456 g/mol. The first kappa shape index (κ1) is 22.0. The van der Waals surface area contributed by atoms with Crippen LogP contribution >= 0.6 is 35.3 Å². The van der Waals surface area contributed by atoms with E-state index in [9.17, 15) is 4.79 Å². The van der Waals surface area contributed by atoms with Gasteiger partial charge >= 0.3 is 0 Å². The van der Waals surface area contributed by atoms with Crippen molar-refractivity contribution in [2.75, 3.05) is 44.3 Å². The van der Waals surface area contributed by atoms with Crippen molar-refractivity contribution >= 4 is 56.6 Å².